The van der Waals surface area contributed by atoms with Crippen LogP contribution in [0.25, 0.3) is 0 Å². The number of nitrogens with zero attached hydrogens (tertiary/aromatic N) is 2. The van der Waals surface area contributed by atoms with E-state index in [1.165, 1.54) is 21.3 Å². The molecule has 3 aromatic rings. The van der Waals surface area contributed by atoms with Crippen molar-refractivity contribution in [1.82, 2.24) is 4.90 Å². The van der Waals surface area contributed by atoms with E-state index in [0.717, 1.165) is 5.56 Å². The molecule has 0 radical (unpaired) electrons. The monoisotopic (exact) mass is 482 g/mol. The number of hydrogen-bond donors (Lipinski definition) is 0. The molecule has 0 aliphatic carbocycles. The summed E-state index contributed by atoms with van der Waals surface area (Å²) in [7, 11) is 0.864. The van der Waals surface area contributed by atoms with E-state index < -0.39 is 16.1 Å². The maximum Gasteiger partial charge on any atom is 0.265 e. The van der Waals surface area contributed by atoms with E-state index in [2.05, 4.69) is 0 Å². The average molecular weight is 483 g/mol. The fourth-order valence-electron chi connectivity index (χ4n) is 3.85. The van der Waals surface area contributed by atoms with Gasteiger partial charge in [0.05, 0.1) is 31.3 Å². The molecular formula is C25H26N2O6S. The normalized spacial score (nSPS) is 15.1. The third kappa shape index (κ3) is 4.51. The van der Waals surface area contributed by atoms with Crippen LogP contribution in [-0.2, 0) is 21.4 Å². The minimum Gasteiger partial charge on any atom is -0.493 e. The van der Waals surface area contributed by atoms with Crippen LogP contribution in [0.5, 0.6) is 17.2 Å². The first-order chi connectivity index (χ1) is 16.3. The van der Waals surface area contributed by atoms with Crippen molar-refractivity contribution in [3.63, 3.8) is 0 Å². The Kier molecular flexibility index (Phi) is 6.65. The summed E-state index contributed by atoms with van der Waals surface area (Å²) in [5.74, 6) is 1.15. The third-order valence-electron chi connectivity index (χ3n) is 5.59. The SMILES string of the molecule is COc1ccc(CN(C)C(=O)[C@@H]2CN(S(=O)(=O)c3ccccc3)c3ccccc3O2)cc1OC. The van der Waals surface area contributed by atoms with Gasteiger partial charge in [-0.1, -0.05) is 36.4 Å². The van der Waals surface area contributed by atoms with Gasteiger partial charge in [-0.15, -0.1) is 0 Å². The second-order valence-electron chi connectivity index (χ2n) is 7.81. The maximum atomic E-state index is 13.4. The van der Waals surface area contributed by atoms with E-state index in [9.17, 15) is 13.2 Å². The second kappa shape index (κ2) is 9.64. The molecule has 3 aromatic carbocycles. The molecule has 1 aliphatic heterocycles. The van der Waals surface area contributed by atoms with Gasteiger partial charge >= 0.3 is 0 Å². The van der Waals surface area contributed by atoms with Gasteiger partial charge in [0.15, 0.2) is 17.6 Å². The van der Waals surface area contributed by atoms with Crippen LogP contribution in [0.1, 0.15) is 5.56 Å². The van der Waals surface area contributed by atoms with Gasteiger partial charge in [-0.3, -0.25) is 9.10 Å². The van der Waals surface area contributed by atoms with Crippen molar-refractivity contribution in [1.29, 1.82) is 0 Å². The highest BCUT2D eigenvalue weighted by Gasteiger charge is 2.38. The van der Waals surface area contributed by atoms with Gasteiger partial charge in [-0.05, 0) is 42.0 Å². The maximum absolute atomic E-state index is 13.4. The van der Waals surface area contributed by atoms with Gasteiger partial charge in [-0.2, -0.15) is 0 Å². The molecule has 0 aromatic heterocycles. The topological polar surface area (TPSA) is 85.4 Å². The van der Waals surface area contributed by atoms with Gasteiger partial charge in [0.2, 0.25) is 0 Å². The zero-order valence-electron chi connectivity index (χ0n) is 19.2. The Morgan fingerprint density at radius 3 is 2.38 bits per heavy atom. The largest absolute Gasteiger partial charge is 0.493 e. The summed E-state index contributed by atoms with van der Waals surface area (Å²) in [4.78, 5) is 15.0. The molecule has 9 heteroatoms. The first kappa shape index (κ1) is 23.4. The van der Waals surface area contributed by atoms with Crippen molar-refractivity contribution < 1.29 is 27.4 Å². The highest BCUT2D eigenvalue weighted by atomic mass is 32.2. The molecule has 0 saturated carbocycles. The lowest BCUT2D eigenvalue weighted by atomic mass is 10.1. The number of benzene rings is 3. The Morgan fingerprint density at radius 2 is 1.68 bits per heavy atom. The summed E-state index contributed by atoms with van der Waals surface area (Å²) in [6.07, 6.45) is -1.00. The minimum atomic E-state index is -3.89. The van der Waals surface area contributed by atoms with Gasteiger partial charge in [0.25, 0.3) is 15.9 Å². The zero-order valence-corrected chi connectivity index (χ0v) is 20.0. The first-order valence-electron chi connectivity index (χ1n) is 10.6. The molecule has 1 atom stereocenters. The van der Waals surface area contributed by atoms with Crippen molar-refractivity contribution in [2.24, 2.45) is 0 Å². The van der Waals surface area contributed by atoms with Gasteiger partial charge < -0.3 is 19.1 Å². The highest BCUT2D eigenvalue weighted by Crippen LogP contribution is 2.37. The first-order valence-corrected chi connectivity index (χ1v) is 12.1. The molecule has 0 fully saturated rings. The molecule has 0 unspecified atom stereocenters. The summed E-state index contributed by atoms with van der Waals surface area (Å²) in [5.41, 5.74) is 1.23. The molecule has 0 spiro atoms. The van der Waals surface area contributed by atoms with Crippen molar-refractivity contribution in [3.8, 4) is 17.2 Å². The molecule has 0 bridgehead atoms. The number of sulfonamides is 1. The van der Waals surface area contributed by atoms with Gasteiger partial charge in [-0.25, -0.2) is 8.42 Å². The van der Waals surface area contributed by atoms with Crippen molar-refractivity contribution in [3.05, 3.63) is 78.4 Å². The summed E-state index contributed by atoms with van der Waals surface area (Å²) < 4.78 is 44.7. The van der Waals surface area contributed by atoms with Crippen LogP contribution in [0.3, 0.4) is 0 Å². The molecule has 178 valence electrons. The van der Waals surface area contributed by atoms with Crippen molar-refractivity contribution >= 4 is 21.6 Å². The number of ether oxygens (including phenoxy) is 3. The van der Waals surface area contributed by atoms with Crippen molar-refractivity contribution in [2.75, 3.05) is 32.1 Å². The minimum absolute atomic E-state index is 0.136. The van der Waals surface area contributed by atoms with Crippen LogP contribution in [0.15, 0.2) is 77.7 Å². The number of hydrogen-bond acceptors (Lipinski definition) is 6. The van der Waals surface area contributed by atoms with E-state index >= 15 is 0 Å². The lowest BCUT2D eigenvalue weighted by Crippen LogP contribution is -2.50. The molecule has 1 heterocycles. The number of rotatable bonds is 7. The summed E-state index contributed by atoms with van der Waals surface area (Å²) in [6.45, 7) is 0.148. The van der Waals surface area contributed by atoms with E-state index in [1.54, 1.807) is 75.9 Å². The quantitative estimate of drug-likeness (QED) is 0.514. The number of carbonyl (C=O) groups is 1. The molecule has 34 heavy (non-hydrogen) atoms. The van der Waals surface area contributed by atoms with Crippen LogP contribution < -0.4 is 18.5 Å². The Balaban J connectivity index is 1.59. The fourth-order valence-corrected chi connectivity index (χ4v) is 5.35. The van der Waals surface area contributed by atoms with E-state index in [1.807, 2.05) is 6.07 Å². The molecule has 4 rings (SSSR count). The number of likely N-dealkylation sites (N-methyl/N-ethyl adjacent to an activating group) is 1. The van der Waals surface area contributed by atoms with Crippen LogP contribution >= 0.6 is 0 Å². The number of methoxy groups -OCH3 is 2. The van der Waals surface area contributed by atoms with Crippen LogP contribution in [-0.4, -0.2) is 53.1 Å². The van der Waals surface area contributed by atoms with E-state index in [4.69, 9.17) is 14.2 Å². The van der Waals surface area contributed by atoms with Gasteiger partial charge in [0.1, 0.15) is 5.75 Å². The molecule has 8 nitrogen and oxygen atoms in total. The standard InChI is InChI=1S/C25H26N2O6S/c1-26(16-18-13-14-22(31-2)23(15-18)32-3)25(28)24-17-27(20-11-7-8-12-21(20)33-24)34(29,30)19-9-5-4-6-10-19/h4-15,24H,16-17H2,1-3H3/t24-/m0/s1. The molecule has 0 saturated heterocycles. The number of anilines is 1. The number of carbonyl (C=O) groups excluding carboxylic acids is 1. The Hall–Kier alpha value is -3.72. The molecule has 1 aliphatic rings. The summed E-state index contributed by atoms with van der Waals surface area (Å²) in [5, 5.41) is 0. The van der Waals surface area contributed by atoms with Crippen molar-refractivity contribution in [2.45, 2.75) is 17.5 Å². The number of amides is 1. The summed E-state index contributed by atoms with van der Waals surface area (Å²) in [6, 6.07) is 20.4. The predicted molar refractivity (Wildman–Crippen MR) is 128 cm³/mol. The van der Waals surface area contributed by atoms with E-state index in [-0.39, 0.29) is 23.9 Å². The third-order valence-corrected chi connectivity index (χ3v) is 7.38. The van der Waals surface area contributed by atoms with Crippen LogP contribution in [0.2, 0.25) is 0 Å². The fraction of sp³-hybridized carbons (Fsp3) is 0.240. The van der Waals surface area contributed by atoms with Crippen LogP contribution in [0, 0.1) is 0 Å². The Bertz CT molecular complexity index is 1280. The lowest BCUT2D eigenvalue weighted by molar-refractivity contribution is -0.137. The number of para-hydroxylation sites is 2. The molecule has 0 N–H and O–H groups in total. The Morgan fingerprint density at radius 1 is 1.00 bits per heavy atom. The smallest absolute Gasteiger partial charge is 0.265 e. The molecular weight excluding hydrogens is 456 g/mol. The average Bonchev–Trinajstić information content (AvgIpc) is 2.87. The molecule has 1 amide bonds. The van der Waals surface area contributed by atoms with E-state index in [0.29, 0.717) is 22.9 Å². The zero-order chi connectivity index (χ0) is 24.3. The second-order valence-corrected chi connectivity index (χ2v) is 9.67. The predicted octanol–water partition coefficient (Wildman–Crippen LogP) is 3.32. The van der Waals surface area contributed by atoms with Gasteiger partial charge in [0, 0.05) is 13.6 Å². The number of fused-ring (bicyclic) bond motifs is 1. The highest BCUT2D eigenvalue weighted by molar-refractivity contribution is 7.92. The van der Waals surface area contributed by atoms with Crippen LogP contribution in [0.4, 0.5) is 5.69 Å². The summed E-state index contributed by atoms with van der Waals surface area (Å²) >= 11 is 0. The Labute approximate surface area is 199 Å². The lowest BCUT2D eigenvalue weighted by Gasteiger charge is -2.36.